The quantitative estimate of drug-likeness (QED) is 0.353. The Morgan fingerprint density at radius 1 is 1.30 bits per heavy atom. The van der Waals surface area contributed by atoms with Gasteiger partial charge in [0.2, 0.25) is 0 Å². The van der Waals surface area contributed by atoms with Crippen molar-refractivity contribution >= 4 is 5.96 Å². The molecule has 1 aromatic carbocycles. The minimum Gasteiger partial charge on any atom is -0.497 e. The molecule has 1 aromatic rings. The lowest BCUT2D eigenvalue weighted by atomic mass is 9.98. The third-order valence-electron chi connectivity index (χ3n) is 4.71. The highest BCUT2D eigenvalue weighted by Gasteiger charge is 2.15. The molecule has 1 aliphatic rings. The van der Waals surface area contributed by atoms with Gasteiger partial charge in [-0.3, -0.25) is 4.99 Å². The van der Waals surface area contributed by atoms with Gasteiger partial charge in [-0.2, -0.15) is 0 Å². The number of hydrogen-bond acceptors (Lipinski definition) is 4. The van der Waals surface area contributed by atoms with Crippen molar-refractivity contribution in [3.63, 3.8) is 0 Å². The van der Waals surface area contributed by atoms with Gasteiger partial charge in [0.05, 0.1) is 19.8 Å². The Kier molecular flexibility index (Phi) is 10.0. The molecule has 27 heavy (non-hydrogen) atoms. The zero-order valence-corrected chi connectivity index (χ0v) is 17.0. The van der Waals surface area contributed by atoms with Crippen LogP contribution in [0.5, 0.6) is 5.75 Å². The van der Waals surface area contributed by atoms with Crippen molar-refractivity contribution in [3.8, 4) is 5.75 Å². The third kappa shape index (κ3) is 8.18. The molecule has 2 N–H and O–H groups in total. The van der Waals surface area contributed by atoms with Gasteiger partial charge in [-0.1, -0.05) is 19.1 Å². The summed E-state index contributed by atoms with van der Waals surface area (Å²) < 4.78 is 16.3. The summed E-state index contributed by atoms with van der Waals surface area (Å²) in [7, 11) is 1.69. The molecule has 2 atom stereocenters. The molecule has 0 spiro atoms. The van der Waals surface area contributed by atoms with E-state index in [1.807, 2.05) is 12.1 Å². The smallest absolute Gasteiger partial charge is 0.191 e. The molecule has 1 saturated heterocycles. The molecule has 1 heterocycles. The van der Waals surface area contributed by atoms with Gasteiger partial charge in [0.15, 0.2) is 5.96 Å². The maximum Gasteiger partial charge on any atom is 0.191 e. The Morgan fingerprint density at radius 2 is 2.11 bits per heavy atom. The van der Waals surface area contributed by atoms with Crippen molar-refractivity contribution in [2.75, 3.05) is 46.6 Å². The van der Waals surface area contributed by atoms with E-state index in [-0.39, 0.29) is 6.10 Å². The van der Waals surface area contributed by atoms with Crippen LogP contribution in [0.1, 0.15) is 44.6 Å². The molecule has 6 nitrogen and oxygen atoms in total. The molecule has 152 valence electrons. The Balaban J connectivity index is 1.65. The monoisotopic (exact) mass is 377 g/mol. The van der Waals surface area contributed by atoms with Crippen molar-refractivity contribution < 1.29 is 14.2 Å². The summed E-state index contributed by atoms with van der Waals surface area (Å²) in [6, 6.07) is 8.31. The average Bonchev–Trinajstić information content (AvgIpc) is 3.21. The van der Waals surface area contributed by atoms with Gasteiger partial charge in [0.1, 0.15) is 5.75 Å². The van der Waals surface area contributed by atoms with Gasteiger partial charge >= 0.3 is 0 Å². The fourth-order valence-corrected chi connectivity index (χ4v) is 3.00. The second-order valence-corrected chi connectivity index (χ2v) is 6.86. The van der Waals surface area contributed by atoms with Gasteiger partial charge in [-0.15, -0.1) is 0 Å². The summed E-state index contributed by atoms with van der Waals surface area (Å²) in [5.41, 5.74) is 1.33. The van der Waals surface area contributed by atoms with E-state index in [0.29, 0.717) is 5.92 Å². The highest BCUT2D eigenvalue weighted by molar-refractivity contribution is 5.79. The first-order chi connectivity index (χ1) is 13.2. The molecule has 0 radical (unpaired) electrons. The van der Waals surface area contributed by atoms with Gasteiger partial charge in [-0.25, -0.2) is 0 Å². The predicted molar refractivity (Wildman–Crippen MR) is 110 cm³/mol. The van der Waals surface area contributed by atoms with Crippen molar-refractivity contribution in [1.29, 1.82) is 0 Å². The number of rotatable bonds is 11. The lowest BCUT2D eigenvalue weighted by molar-refractivity contribution is 0.0424. The van der Waals surface area contributed by atoms with Crippen LogP contribution >= 0.6 is 0 Å². The Hall–Kier alpha value is -1.79. The number of methoxy groups -OCH3 is 1. The van der Waals surface area contributed by atoms with E-state index in [9.17, 15) is 0 Å². The molecule has 1 aliphatic heterocycles. The summed E-state index contributed by atoms with van der Waals surface area (Å²) in [5, 5.41) is 6.73. The van der Waals surface area contributed by atoms with Crippen molar-refractivity contribution in [1.82, 2.24) is 10.6 Å². The summed E-state index contributed by atoms with van der Waals surface area (Å²) in [6.07, 6.45) is 3.26. The van der Waals surface area contributed by atoms with Crippen LogP contribution in [0, 0.1) is 0 Å². The number of hydrogen-bond donors (Lipinski definition) is 2. The molecule has 1 fully saturated rings. The van der Waals surface area contributed by atoms with E-state index in [0.717, 1.165) is 70.4 Å². The molecule has 0 amide bonds. The predicted octanol–water partition coefficient (Wildman–Crippen LogP) is 2.94. The first kappa shape index (κ1) is 21.5. The van der Waals surface area contributed by atoms with E-state index in [2.05, 4.69) is 41.6 Å². The molecule has 0 aromatic heterocycles. The molecular formula is C21H35N3O3. The second-order valence-electron chi connectivity index (χ2n) is 6.86. The van der Waals surface area contributed by atoms with Crippen LogP contribution in [0.4, 0.5) is 0 Å². The number of nitrogens with zero attached hydrogens (tertiary/aromatic N) is 1. The van der Waals surface area contributed by atoms with Crippen molar-refractivity contribution in [3.05, 3.63) is 29.8 Å². The van der Waals surface area contributed by atoms with Crippen LogP contribution in [0.25, 0.3) is 0 Å². The summed E-state index contributed by atoms with van der Waals surface area (Å²) in [6.45, 7) is 9.14. The van der Waals surface area contributed by atoms with Crippen LogP contribution < -0.4 is 15.4 Å². The van der Waals surface area contributed by atoms with Gasteiger partial charge in [0.25, 0.3) is 0 Å². The highest BCUT2D eigenvalue weighted by Crippen LogP contribution is 2.21. The molecule has 0 saturated carbocycles. The van der Waals surface area contributed by atoms with Crippen LogP contribution in [-0.4, -0.2) is 58.6 Å². The van der Waals surface area contributed by atoms with E-state index in [1.165, 1.54) is 5.56 Å². The minimum atomic E-state index is 0.278. The van der Waals surface area contributed by atoms with Crippen LogP contribution in [0.15, 0.2) is 29.3 Å². The molecular weight excluding hydrogens is 342 g/mol. The lowest BCUT2D eigenvalue weighted by Crippen LogP contribution is -2.38. The number of aliphatic imine (C=N–C) groups is 1. The highest BCUT2D eigenvalue weighted by atomic mass is 16.5. The van der Waals surface area contributed by atoms with E-state index < -0.39 is 0 Å². The zero-order chi connectivity index (χ0) is 19.3. The van der Waals surface area contributed by atoms with Crippen LogP contribution in [-0.2, 0) is 9.47 Å². The molecule has 0 aliphatic carbocycles. The number of benzene rings is 1. The van der Waals surface area contributed by atoms with Crippen molar-refractivity contribution in [2.24, 2.45) is 4.99 Å². The topological polar surface area (TPSA) is 64.1 Å². The fraction of sp³-hybridized carbons (Fsp3) is 0.667. The largest absolute Gasteiger partial charge is 0.497 e. The average molecular weight is 378 g/mol. The first-order valence-corrected chi connectivity index (χ1v) is 10.1. The second kappa shape index (κ2) is 12.6. The van der Waals surface area contributed by atoms with Gasteiger partial charge < -0.3 is 24.8 Å². The first-order valence-electron chi connectivity index (χ1n) is 10.1. The number of ether oxygens (including phenoxy) is 3. The molecule has 6 heteroatoms. The van der Waals surface area contributed by atoms with Crippen LogP contribution in [0.2, 0.25) is 0 Å². The van der Waals surface area contributed by atoms with Gasteiger partial charge in [-0.05, 0) is 49.8 Å². The molecule has 2 rings (SSSR count). The maximum atomic E-state index is 5.78. The fourth-order valence-electron chi connectivity index (χ4n) is 3.00. The van der Waals surface area contributed by atoms with Crippen LogP contribution in [0.3, 0.4) is 0 Å². The minimum absolute atomic E-state index is 0.278. The third-order valence-corrected chi connectivity index (χ3v) is 4.71. The summed E-state index contributed by atoms with van der Waals surface area (Å²) in [4.78, 5) is 4.64. The summed E-state index contributed by atoms with van der Waals surface area (Å²) in [5.74, 6) is 2.26. The SMILES string of the molecule is CCNC(=NCCCOC1CCOC1)NCCC(C)c1ccc(OC)cc1. The van der Waals surface area contributed by atoms with E-state index in [4.69, 9.17) is 14.2 Å². The standard InChI is InChI=1S/C21H35N3O3/c1-4-22-21(23-12-5-14-27-20-11-15-26-16-20)24-13-10-17(2)18-6-8-19(25-3)9-7-18/h6-9,17,20H,4-5,10-16H2,1-3H3,(H2,22,23,24). The number of nitrogens with one attached hydrogen (secondary N) is 2. The number of guanidine groups is 1. The Labute approximate surface area is 163 Å². The molecule has 2 unspecified atom stereocenters. The maximum absolute atomic E-state index is 5.78. The zero-order valence-electron chi connectivity index (χ0n) is 17.0. The van der Waals surface area contributed by atoms with Crippen molar-refractivity contribution in [2.45, 2.75) is 45.1 Å². The Bertz CT molecular complexity index is 542. The molecule has 0 bridgehead atoms. The van der Waals surface area contributed by atoms with Gasteiger partial charge in [0, 0.05) is 32.8 Å². The Morgan fingerprint density at radius 3 is 2.78 bits per heavy atom. The summed E-state index contributed by atoms with van der Waals surface area (Å²) >= 11 is 0. The normalized spacial score (nSPS) is 18.3. The van der Waals surface area contributed by atoms with E-state index in [1.54, 1.807) is 7.11 Å². The lowest BCUT2D eigenvalue weighted by Gasteiger charge is -2.15. The van der Waals surface area contributed by atoms with E-state index >= 15 is 0 Å².